The number of carbonyl (C=O) groups is 1. The van der Waals surface area contributed by atoms with Crippen molar-refractivity contribution >= 4 is 5.91 Å². The number of rotatable bonds is 7. The van der Waals surface area contributed by atoms with Gasteiger partial charge in [0.25, 0.3) is 0 Å². The first-order valence-electron chi connectivity index (χ1n) is 6.20. The molecule has 0 aromatic carbocycles. The lowest BCUT2D eigenvalue weighted by Crippen LogP contribution is -2.46. The fourth-order valence-corrected chi connectivity index (χ4v) is 1.53. The molecule has 4 nitrogen and oxygen atoms in total. The maximum atomic E-state index is 11.7. The highest BCUT2D eigenvalue weighted by molar-refractivity contribution is 5.79. The van der Waals surface area contributed by atoms with Gasteiger partial charge in [-0.1, -0.05) is 20.8 Å². The number of hydrogen-bond donors (Lipinski definition) is 2. The lowest BCUT2D eigenvalue weighted by Gasteiger charge is -2.25. The minimum absolute atomic E-state index is 0.0506. The van der Waals surface area contributed by atoms with Crippen molar-refractivity contribution in [2.75, 3.05) is 19.6 Å². The summed E-state index contributed by atoms with van der Waals surface area (Å²) < 4.78 is 0. The number of nitrogens with two attached hydrogens (primary N) is 1. The molecule has 0 aromatic rings. The van der Waals surface area contributed by atoms with E-state index in [2.05, 4.69) is 24.1 Å². The molecule has 16 heavy (non-hydrogen) atoms. The summed E-state index contributed by atoms with van der Waals surface area (Å²) >= 11 is 0. The van der Waals surface area contributed by atoms with Crippen LogP contribution in [0.5, 0.6) is 0 Å². The smallest absolute Gasteiger partial charge is 0.224 e. The predicted molar refractivity (Wildman–Crippen MR) is 68.2 cm³/mol. The molecule has 0 fully saturated rings. The molecule has 0 radical (unpaired) electrons. The molecule has 3 N–H and O–H groups in total. The van der Waals surface area contributed by atoms with Crippen LogP contribution in [0.25, 0.3) is 0 Å². The number of amides is 1. The van der Waals surface area contributed by atoms with Gasteiger partial charge < -0.3 is 16.0 Å². The monoisotopic (exact) mass is 229 g/mol. The van der Waals surface area contributed by atoms with E-state index < -0.39 is 0 Å². The van der Waals surface area contributed by atoms with Crippen LogP contribution < -0.4 is 11.1 Å². The molecule has 0 aliphatic rings. The van der Waals surface area contributed by atoms with Crippen LogP contribution in [0.4, 0.5) is 0 Å². The van der Waals surface area contributed by atoms with Crippen molar-refractivity contribution in [1.82, 2.24) is 10.2 Å². The summed E-state index contributed by atoms with van der Waals surface area (Å²) in [7, 11) is 0. The van der Waals surface area contributed by atoms with Crippen LogP contribution in [-0.2, 0) is 4.79 Å². The van der Waals surface area contributed by atoms with Crippen molar-refractivity contribution in [2.45, 2.75) is 46.7 Å². The highest BCUT2D eigenvalue weighted by Gasteiger charge is 2.19. The summed E-state index contributed by atoms with van der Waals surface area (Å²) in [5, 5.41) is 3.00. The molecule has 4 heteroatoms. The van der Waals surface area contributed by atoms with Crippen molar-refractivity contribution in [3.8, 4) is 0 Å². The first-order chi connectivity index (χ1) is 7.42. The zero-order valence-corrected chi connectivity index (χ0v) is 11.3. The van der Waals surface area contributed by atoms with Gasteiger partial charge in [-0.3, -0.25) is 4.79 Å². The minimum atomic E-state index is -0.126. The Morgan fingerprint density at radius 3 is 2.12 bits per heavy atom. The largest absolute Gasteiger partial charge is 0.352 e. The molecular formula is C12H27N3O. The van der Waals surface area contributed by atoms with Gasteiger partial charge in [-0.15, -0.1) is 0 Å². The van der Waals surface area contributed by atoms with Crippen LogP contribution in [0.2, 0.25) is 0 Å². The first kappa shape index (κ1) is 15.4. The third-order valence-corrected chi connectivity index (χ3v) is 3.02. The van der Waals surface area contributed by atoms with E-state index in [0.29, 0.717) is 0 Å². The first-order valence-corrected chi connectivity index (χ1v) is 6.20. The molecule has 3 atom stereocenters. The topological polar surface area (TPSA) is 58.4 Å². The maximum Gasteiger partial charge on any atom is 0.224 e. The van der Waals surface area contributed by atoms with E-state index in [-0.39, 0.29) is 23.9 Å². The highest BCUT2D eigenvalue weighted by Crippen LogP contribution is 2.01. The summed E-state index contributed by atoms with van der Waals surface area (Å²) in [6.45, 7) is 12.9. The van der Waals surface area contributed by atoms with Gasteiger partial charge in [-0.2, -0.15) is 0 Å². The second-order valence-corrected chi connectivity index (χ2v) is 4.54. The molecule has 0 heterocycles. The van der Waals surface area contributed by atoms with E-state index in [1.165, 1.54) is 0 Å². The van der Waals surface area contributed by atoms with Gasteiger partial charge in [0.1, 0.15) is 0 Å². The second kappa shape index (κ2) is 7.63. The predicted octanol–water partition coefficient (Wildman–Crippen LogP) is 0.816. The van der Waals surface area contributed by atoms with Gasteiger partial charge >= 0.3 is 0 Å². The van der Waals surface area contributed by atoms with Crippen molar-refractivity contribution < 1.29 is 4.79 Å². The molecule has 0 bridgehead atoms. The van der Waals surface area contributed by atoms with E-state index in [0.717, 1.165) is 19.6 Å². The summed E-state index contributed by atoms with van der Waals surface area (Å²) in [6, 6.07) is 0.0780. The normalized spacial score (nSPS) is 16.9. The van der Waals surface area contributed by atoms with Gasteiger partial charge in [0.15, 0.2) is 0 Å². The van der Waals surface area contributed by atoms with E-state index in [1.807, 2.05) is 20.8 Å². The molecule has 0 aromatic heterocycles. The molecule has 1 amide bonds. The Morgan fingerprint density at radius 2 is 1.75 bits per heavy atom. The Kier molecular flexibility index (Phi) is 7.34. The van der Waals surface area contributed by atoms with Crippen LogP contribution in [0.3, 0.4) is 0 Å². The van der Waals surface area contributed by atoms with Gasteiger partial charge in [-0.25, -0.2) is 0 Å². The molecule has 0 spiro atoms. The van der Waals surface area contributed by atoms with Crippen molar-refractivity contribution in [1.29, 1.82) is 0 Å². The molecule has 3 unspecified atom stereocenters. The fraction of sp³-hybridized carbons (Fsp3) is 0.917. The Hall–Kier alpha value is -0.610. The SMILES string of the molecule is CCN(CC)CC(C)NC(=O)C(C)C(C)N. The lowest BCUT2D eigenvalue weighted by atomic mass is 10.0. The van der Waals surface area contributed by atoms with E-state index in [4.69, 9.17) is 5.73 Å². The second-order valence-electron chi connectivity index (χ2n) is 4.54. The van der Waals surface area contributed by atoms with Gasteiger partial charge in [0.2, 0.25) is 5.91 Å². The van der Waals surface area contributed by atoms with Crippen LogP contribution in [-0.4, -0.2) is 42.5 Å². The summed E-state index contributed by atoms with van der Waals surface area (Å²) in [5.41, 5.74) is 5.69. The minimum Gasteiger partial charge on any atom is -0.352 e. The molecule has 0 aliphatic carbocycles. The quantitative estimate of drug-likeness (QED) is 0.679. The maximum absolute atomic E-state index is 11.7. The fourth-order valence-electron chi connectivity index (χ4n) is 1.53. The molecule has 0 aliphatic heterocycles. The lowest BCUT2D eigenvalue weighted by molar-refractivity contribution is -0.125. The van der Waals surface area contributed by atoms with Crippen molar-refractivity contribution in [3.05, 3.63) is 0 Å². The van der Waals surface area contributed by atoms with Crippen LogP contribution in [0.1, 0.15) is 34.6 Å². The van der Waals surface area contributed by atoms with Crippen molar-refractivity contribution in [2.24, 2.45) is 11.7 Å². The zero-order chi connectivity index (χ0) is 12.7. The Balaban J connectivity index is 4.04. The number of nitrogens with zero attached hydrogens (tertiary/aromatic N) is 1. The summed E-state index contributed by atoms with van der Waals surface area (Å²) in [6.07, 6.45) is 0. The van der Waals surface area contributed by atoms with Crippen LogP contribution in [0, 0.1) is 5.92 Å². The number of likely N-dealkylation sites (N-methyl/N-ethyl adjacent to an activating group) is 1. The zero-order valence-electron chi connectivity index (χ0n) is 11.3. The van der Waals surface area contributed by atoms with Crippen molar-refractivity contribution in [3.63, 3.8) is 0 Å². The summed E-state index contributed by atoms with van der Waals surface area (Å²) in [5.74, 6) is -0.0752. The Bertz CT molecular complexity index is 202. The van der Waals surface area contributed by atoms with E-state index in [1.54, 1.807) is 0 Å². The number of nitrogens with one attached hydrogen (secondary N) is 1. The van der Waals surface area contributed by atoms with Gasteiger partial charge in [0.05, 0.1) is 0 Å². The third-order valence-electron chi connectivity index (χ3n) is 3.02. The standard InChI is InChI=1S/C12H27N3O/c1-6-15(7-2)8-9(3)14-12(16)10(4)11(5)13/h9-11H,6-8,13H2,1-5H3,(H,14,16). The molecular weight excluding hydrogens is 202 g/mol. The van der Waals surface area contributed by atoms with E-state index >= 15 is 0 Å². The molecule has 96 valence electrons. The van der Waals surface area contributed by atoms with Crippen LogP contribution >= 0.6 is 0 Å². The molecule has 0 rings (SSSR count). The number of carbonyl (C=O) groups excluding carboxylic acids is 1. The van der Waals surface area contributed by atoms with Gasteiger partial charge in [0, 0.05) is 24.5 Å². The molecule has 0 saturated carbocycles. The average molecular weight is 229 g/mol. The Morgan fingerprint density at radius 1 is 1.25 bits per heavy atom. The molecule has 0 saturated heterocycles. The average Bonchev–Trinajstić information content (AvgIpc) is 2.24. The third kappa shape index (κ3) is 5.47. The highest BCUT2D eigenvalue weighted by atomic mass is 16.1. The van der Waals surface area contributed by atoms with E-state index in [9.17, 15) is 4.79 Å². The van der Waals surface area contributed by atoms with Gasteiger partial charge in [-0.05, 0) is 26.9 Å². The summed E-state index contributed by atoms with van der Waals surface area (Å²) in [4.78, 5) is 14.0. The number of hydrogen-bond acceptors (Lipinski definition) is 3. The Labute approximate surface area is 99.6 Å². The van der Waals surface area contributed by atoms with Crippen LogP contribution in [0.15, 0.2) is 0 Å².